The van der Waals surface area contributed by atoms with Crippen LogP contribution in [0.25, 0.3) is 11.4 Å². The highest BCUT2D eigenvalue weighted by Gasteiger charge is 2.09. The Morgan fingerprint density at radius 1 is 1.07 bits per heavy atom. The summed E-state index contributed by atoms with van der Waals surface area (Å²) in [5.74, 6) is 1.63. The van der Waals surface area contributed by atoms with Crippen molar-refractivity contribution in [1.82, 2.24) is 15.0 Å². The summed E-state index contributed by atoms with van der Waals surface area (Å²) in [6.07, 6.45) is 4.20. The minimum atomic E-state index is -0.0685. The monoisotopic (exact) mass is 362 g/mol. The summed E-state index contributed by atoms with van der Waals surface area (Å²) in [7, 11) is 0. The van der Waals surface area contributed by atoms with Gasteiger partial charge in [0.25, 0.3) is 0 Å². The Morgan fingerprint density at radius 3 is 2.41 bits per heavy atom. The van der Waals surface area contributed by atoms with E-state index in [-0.39, 0.29) is 11.8 Å². The molecule has 2 aromatic heterocycles. The van der Waals surface area contributed by atoms with Gasteiger partial charge in [0, 0.05) is 41.3 Å². The third-order valence-electron chi connectivity index (χ3n) is 3.93. The second-order valence-electron chi connectivity index (χ2n) is 6.38. The molecule has 0 fully saturated rings. The molecule has 27 heavy (non-hydrogen) atoms. The molecule has 0 unspecified atom stereocenters. The van der Waals surface area contributed by atoms with Crippen LogP contribution in [-0.2, 0) is 11.2 Å². The fraction of sp³-hybridized carbons (Fsp3) is 0.238. The number of aryl methyl sites for hydroxylation is 1. The number of carbonyl (C=O) groups excluding carboxylic acids is 1. The Hall–Kier alpha value is -3.28. The number of carbonyl (C=O) groups is 1. The van der Waals surface area contributed by atoms with Gasteiger partial charge < -0.3 is 10.1 Å². The van der Waals surface area contributed by atoms with Gasteiger partial charge in [-0.3, -0.25) is 9.78 Å². The zero-order chi connectivity index (χ0) is 19.2. The van der Waals surface area contributed by atoms with Gasteiger partial charge in [-0.25, -0.2) is 4.98 Å². The van der Waals surface area contributed by atoms with Gasteiger partial charge in [0.05, 0.1) is 0 Å². The van der Waals surface area contributed by atoms with Gasteiger partial charge in [-0.2, -0.15) is 4.98 Å². The molecule has 6 nitrogen and oxygen atoms in total. The Bertz CT molecular complexity index is 909. The molecule has 0 saturated carbocycles. The van der Waals surface area contributed by atoms with E-state index in [1.807, 2.05) is 39.0 Å². The quantitative estimate of drug-likeness (QED) is 0.699. The van der Waals surface area contributed by atoms with E-state index in [2.05, 4.69) is 20.3 Å². The minimum Gasteiger partial charge on any atom is -0.439 e. The molecule has 0 aliphatic heterocycles. The molecule has 0 saturated heterocycles. The molecule has 0 atom stereocenters. The van der Waals surface area contributed by atoms with Crippen molar-refractivity contribution in [3.05, 3.63) is 60.6 Å². The third-order valence-corrected chi connectivity index (χ3v) is 3.93. The maximum Gasteiger partial charge on any atom is 0.226 e. The van der Waals surface area contributed by atoms with E-state index in [4.69, 9.17) is 4.74 Å². The van der Waals surface area contributed by atoms with Crippen LogP contribution in [0.4, 0.5) is 5.69 Å². The summed E-state index contributed by atoms with van der Waals surface area (Å²) in [6.45, 7) is 5.75. The summed E-state index contributed by atoms with van der Waals surface area (Å²) < 4.78 is 5.91. The average molecular weight is 362 g/mol. The van der Waals surface area contributed by atoms with E-state index in [1.165, 1.54) is 0 Å². The number of pyridine rings is 1. The molecule has 2 heterocycles. The fourth-order valence-electron chi connectivity index (χ4n) is 2.35. The third kappa shape index (κ3) is 4.88. The van der Waals surface area contributed by atoms with Gasteiger partial charge in [-0.05, 0) is 42.8 Å². The topological polar surface area (TPSA) is 77.0 Å². The summed E-state index contributed by atoms with van der Waals surface area (Å²) in [4.78, 5) is 24.9. The van der Waals surface area contributed by atoms with E-state index in [1.54, 1.807) is 36.7 Å². The lowest BCUT2D eigenvalue weighted by Crippen LogP contribution is -2.17. The van der Waals surface area contributed by atoms with Crippen LogP contribution in [0.5, 0.6) is 11.6 Å². The first-order chi connectivity index (χ1) is 13.0. The van der Waals surface area contributed by atoms with Crippen LogP contribution in [0.2, 0.25) is 0 Å². The van der Waals surface area contributed by atoms with Crippen LogP contribution >= 0.6 is 0 Å². The van der Waals surface area contributed by atoms with Gasteiger partial charge in [0.15, 0.2) is 5.82 Å². The average Bonchev–Trinajstić information content (AvgIpc) is 2.69. The maximum atomic E-state index is 11.8. The predicted molar refractivity (Wildman–Crippen MR) is 105 cm³/mol. The van der Waals surface area contributed by atoms with Crippen molar-refractivity contribution < 1.29 is 9.53 Å². The molecule has 6 heteroatoms. The number of ether oxygens (including phenoxy) is 1. The normalized spacial score (nSPS) is 10.7. The number of nitrogens with zero attached hydrogens (tertiary/aromatic N) is 3. The number of rotatable bonds is 6. The number of aromatic nitrogens is 3. The zero-order valence-corrected chi connectivity index (χ0v) is 15.6. The molecule has 3 rings (SSSR count). The van der Waals surface area contributed by atoms with Crippen LogP contribution in [0.3, 0.4) is 0 Å². The molecule has 1 aromatic carbocycles. The highest BCUT2D eigenvalue weighted by Crippen LogP contribution is 2.25. The summed E-state index contributed by atoms with van der Waals surface area (Å²) >= 11 is 0. The molecular formula is C21H22N4O2. The molecular weight excluding hydrogens is 340 g/mol. The Morgan fingerprint density at radius 2 is 1.78 bits per heavy atom. The number of nitrogens with one attached hydrogen (secondary N) is 1. The second kappa shape index (κ2) is 8.40. The highest BCUT2D eigenvalue weighted by molar-refractivity contribution is 5.92. The van der Waals surface area contributed by atoms with Gasteiger partial charge in [0.2, 0.25) is 11.8 Å². The first-order valence-corrected chi connectivity index (χ1v) is 8.92. The summed E-state index contributed by atoms with van der Waals surface area (Å²) in [5, 5.41) is 2.86. The largest absolute Gasteiger partial charge is 0.439 e. The Labute approximate surface area is 158 Å². The zero-order valence-electron chi connectivity index (χ0n) is 15.6. The molecule has 1 N–H and O–H groups in total. The van der Waals surface area contributed by atoms with Gasteiger partial charge in [-0.1, -0.05) is 20.8 Å². The first kappa shape index (κ1) is 18.5. The Kier molecular flexibility index (Phi) is 5.76. The predicted octanol–water partition coefficient (Wildman–Crippen LogP) is 4.49. The van der Waals surface area contributed by atoms with E-state index < -0.39 is 0 Å². The lowest BCUT2D eigenvalue weighted by Gasteiger charge is -2.10. The first-order valence-electron chi connectivity index (χ1n) is 8.92. The smallest absolute Gasteiger partial charge is 0.226 e. The van der Waals surface area contributed by atoms with Gasteiger partial charge >= 0.3 is 0 Å². The van der Waals surface area contributed by atoms with Crippen molar-refractivity contribution in [2.45, 2.75) is 27.2 Å². The molecule has 1 amide bonds. The van der Waals surface area contributed by atoms with Crippen LogP contribution in [-0.4, -0.2) is 20.9 Å². The van der Waals surface area contributed by atoms with E-state index in [0.717, 1.165) is 23.4 Å². The van der Waals surface area contributed by atoms with Crippen LogP contribution in [0, 0.1) is 5.92 Å². The van der Waals surface area contributed by atoms with Crippen molar-refractivity contribution in [3.8, 4) is 23.0 Å². The van der Waals surface area contributed by atoms with E-state index >= 15 is 0 Å². The van der Waals surface area contributed by atoms with Crippen LogP contribution in [0.15, 0.2) is 54.9 Å². The van der Waals surface area contributed by atoms with Gasteiger partial charge in [0.1, 0.15) is 5.75 Å². The maximum absolute atomic E-state index is 11.8. The number of hydrogen-bond acceptors (Lipinski definition) is 5. The SMILES string of the molecule is CCc1cc(Oc2ccc(NC(=O)C(C)C)cc2)nc(-c2ccncc2)n1. The number of benzene rings is 1. The van der Waals surface area contributed by atoms with Crippen LogP contribution < -0.4 is 10.1 Å². The molecule has 0 aliphatic rings. The second-order valence-corrected chi connectivity index (χ2v) is 6.38. The van der Waals surface area contributed by atoms with Crippen molar-refractivity contribution >= 4 is 11.6 Å². The Balaban J connectivity index is 1.80. The number of amides is 1. The van der Waals surface area contributed by atoms with Crippen molar-refractivity contribution in [1.29, 1.82) is 0 Å². The molecule has 0 aliphatic carbocycles. The summed E-state index contributed by atoms with van der Waals surface area (Å²) in [6, 6.07) is 12.8. The van der Waals surface area contributed by atoms with Crippen molar-refractivity contribution in [3.63, 3.8) is 0 Å². The minimum absolute atomic E-state index is 0.0194. The summed E-state index contributed by atoms with van der Waals surface area (Å²) in [5.41, 5.74) is 2.51. The fourth-order valence-corrected chi connectivity index (χ4v) is 2.35. The van der Waals surface area contributed by atoms with E-state index in [9.17, 15) is 4.79 Å². The molecule has 0 radical (unpaired) electrons. The lowest BCUT2D eigenvalue weighted by molar-refractivity contribution is -0.118. The molecule has 3 aromatic rings. The molecule has 138 valence electrons. The lowest BCUT2D eigenvalue weighted by atomic mass is 10.2. The van der Waals surface area contributed by atoms with Crippen molar-refractivity contribution in [2.75, 3.05) is 5.32 Å². The van der Waals surface area contributed by atoms with Crippen molar-refractivity contribution in [2.24, 2.45) is 5.92 Å². The van der Waals surface area contributed by atoms with E-state index in [0.29, 0.717) is 17.5 Å². The van der Waals surface area contributed by atoms with Crippen LogP contribution in [0.1, 0.15) is 26.5 Å². The number of anilines is 1. The highest BCUT2D eigenvalue weighted by atomic mass is 16.5. The molecule has 0 bridgehead atoms. The standard InChI is InChI=1S/C21H22N4O2/c1-4-16-13-19(25-20(23-16)15-9-11-22-12-10-15)27-18-7-5-17(6-8-18)24-21(26)14(2)3/h5-14H,4H2,1-3H3,(H,24,26). The number of hydrogen-bond donors (Lipinski definition) is 1. The van der Waals surface area contributed by atoms with Gasteiger partial charge in [-0.15, -0.1) is 0 Å². The molecule has 0 spiro atoms.